The Kier molecular flexibility index (Phi) is 5.26. The highest BCUT2D eigenvalue weighted by Crippen LogP contribution is 2.27. The molecule has 25 heavy (non-hydrogen) atoms. The van der Waals surface area contributed by atoms with Crippen LogP contribution in [0.2, 0.25) is 0 Å². The molecule has 0 amide bonds. The molecule has 128 valence electrons. The van der Waals surface area contributed by atoms with Gasteiger partial charge >= 0.3 is 0 Å². The molecule has 6 nitrogen and oxygen atoms in total. The Bertz CT molecular complexity index is 807. The van der Waals surface area contributed by atoms with Gasteiger partial charge in [-0.1, -0.05) is 18.2 Å². The van der Waals surface area contributed by atoms with E-state index >= 15 is 0 Å². The lowest BCUT2D eigenvalue weighted by atomic mass is 9.99. The summed E-state index contributed by atoms with van der Waals surface area (Å²) in [6.07, 6.45) is 3.49. The Morgan fingerprint density at radius 1 is 1.36 bits per heavy atom. The monoisotopic (exact) mass is 336 g/mol. The van der Waals surface area contributed by atoms with Gasteiger partial charge in [0.2, 0.25) is 5.88 Å². The van der Waals surface area contributed by atoms with E-state index in [1.54, 1.807) is 12.3 Å². The van der Waals surface area contributed by atoms with Crippen LogP contribution in [0.5, 0.6) is 5.88 Å². The van der Waals surface area contributed by atoms with E-state index in [0.29, 0.717) is 42.3 Å². The van der Waals surface area contributed by atoms with Crippen LogP contribution in [0.3, 0.4) is 0 Å². The predicted octanol–water partition coefficient (Wildman–Crippen LogP) is 2.70. The van der Waals surface area contributed by atoms with Gasteiger partial charge in [0.25, 0.3) is 0 Å². The molecular weight excluding hydrogens is 316 g/mol. The molecule has 1 fully saturated rings. The molecule has 2 aromatic rings. The van der Waals surface area contributed by atoms with Gasteiger partial charge < -0.3 is 15.2 Å². The normalized spacial score (nSPS) is 14.7. The van der Waals surface area contributed by atoms with E-state index < -0.39 is 0 Å². The first-order valence-electron chi connectivity index (χ1n) is 8.23. The summed E-state index contributed by atoms with van der Waals surface area (Å²) in [5.41, 5.74) is 8.85. The fourth-order valence-corrected chi connectivity index (χ4v) is 2.82. The summed E-state index contributed by atoms with van der Waals surface area (Å²) in [4.78, 5) is 4.30. The molecule has 0 saturated carbocycles. The lowest BCUT2D eigenvalue weighted by Crippen LogP contribution is -2.27. The van der Waals surface area contributed by atoms with E-state index in [-0.39, 0.29) is 11.8 Å². The number of nitrogens with two attached hydrogens (primary N) is 1. The van der Waals surface area contributed by atoms with Crippen molar-refractivity contribution in [2.75, 3.05) is 18.9 Å². The number of nitriles is 1. The topological polar surface area (TPSA) is 105 Å². The minimum atomic E-state index is 0.0134. The molecule has 1 saturated heterocycles. The van der Waals surface area contributed by atoms with Crippen LogP contribution < -0.4 is 10.5 Å². The zero-order chi connectivity index (χ0) is 17.6. The fourth-order valence-electron chi connectivity index (χ4n) is 2.82. The lowest BCUT2D eigenvalue weighted by Gasteiger charge is -2.24. The standard InChI is InChI=1S/C19H20N4O2/c20-8-4-13-2-1-3-14(12-13)18(22)17-16(21)5-9-23-19(17)25-15-6-10-24-11-7-15/h1-3,5,9,12,15,22H,4,6-7,10-11H2,(H2,21,23). The van der Waals surface area contributed by atoms with Gasteiger partial charge in [-0.3, -0.25) is 5.41 Å². The Labute approximate surface area is 146 Å². The molecular formula is C19H20N4O2. The third kappa shape index (κ3) is 3.95. The molecule has 1 aromatic heterocycles. The van der Waals surface area contributed by atoms with Crippen LogP contribution in [0.4, 0.5) is 5.69 Å². The van der Waals surface area contributed by atoms with Gasteiger partial charge in [-0.05, 0) is 17.7 Å². The molecule has 3 N–H and O–H groups in total. The maximum atomic E-state index is 8.87. The first-order chi connectivity index (χ1) is 12.2. The Morgan fingerprint density at radius 3 is 2.92 bits per heavy atom. The number of nitrogens with zero attached hydrogens (tertiary/aromatic N) is 2. The van der Waals surface area contributed by atoms with Crippen LogP contribution in [-0.2, 0) is 11.2 Å². The fraction of sp³-hybridized carbons (Fsp3) is 0.316. The van der Waals surface area contributed by atoms with Crippen molar-refractivity contribution in [3.05, 3.63) is 53.2 Å². The van der Waals surface area contributed by atoms with Gasteiger partial charge in [-0.2, -0.15) is 5.26 Å². The van der Waals surface area contributed by atoms with E-state index in [1.165, 1.54) is 0 Å². The van der Waals surface area contributed by atoms with Crippen molar-refractivity contribution in [3.8, 4) is 11.9 Å². The summed E-state index contributed by atoms with van der Waals surface area (Å²) < 4.78 is 11.4. The summed E-state index contributed by atoms with van der Waals surface area (Å²) in [6.45, 7) is 1.33. The summed E-state index contributed by atoms with van der Waals surface area (Å²) in [5, 5.41) is 17.5. The number of nitrogen functional groups attached to an aromatic ring is 1. The van der Waals surface area contributed by atoms with E-state index in [0.717, 1.165) is 18.4 Å². The minimum absolute atomic E-state index is 0.0134. The summed E-state index contributed by atoms with van der Waals surface area (Å²) in [6, 6.07) is 11.1. The van der Waals surface area contributed by atoms with E-state index in [2.05, 4.69) is 11.1 Å². The molecule has 0 aliphatic carbocycles. The number of rotatable bonds is 5. The molecule has 3 rings (SSSR count). The molecule has 1 aliphatic rings. The van der Waals surface area contributed by atoms with Crippen LogP contribution in [0.25, 0.3) is 0 Å². The smallest absolute Gasteiger partial charge is 0.225 e. The molecule has 0 radical (unpaired) electrons. The Morgan fingerprint density at radius 2 is 2.16 bits per heavy atom. The molecule has 1 aromatic carbocycles. The Balaban J connectivity index is 1.91. The molecule has 6 heteroatoms. The lowest BCUT2D eigenvalue weighted by molar-refractivity contribution is 0.0237. The van der Waals surface area contributed by atoms with Crippen molar-refractivity contribution in [2.24, 2.45) is 0 Å². The van der Waals surface area contributed by atoms with Crippen molar-refractivity contribution in [1.29, 1.82) is 10.7 Å². The number of nitrogens with one attached hydrogen (secondary N) is 1. The summed E-state index contributed by atoms with van der Waals surface area (Å²) in [7, 11) is 0. The molecule has 0 spiro atoms. The largest absolute Gasteiger partial charge is 0.474 e. The van der Waals surface area contributed by atoms with Gasteiger partial charge in [0.1, 0.15) is 6.10 Å². The first-order valence-corrected chi connectivity index (χ1v) is 8.23. The number of ether oxygens (including phenoxy) is 2. The van der Waals surface area contributed by atoms with Gasteiger partial charge in [0.05, 0.1) is 37.0 Å². The van der Waals surface area contributed by atoms with Crippen molar-refractivity contribution < 1.29 is 9.47 Å². The average Bonchev–Trinajstić information content (AvgIpc) is 2.63. The number of anilines is 1. The van der Waals surface area contributed by atoms with Gasteiger partial charge in [0, 0.05) is 30.3 Å². The van der Waals surface area contributed by atoms with E-state index in [4.69, 9.17) is 25.9 Å². The van der Waals surface area contributed by atoms with Crippen molar-refractivity contribution >= 4 is 11.4 Å². The van der Waals surface area contributed by atoms with Gasteiger partial charge in [-0.15, -0.1) is 0 Å². The van der Waals surface area contributed by atoms with Crippen LogP contribution in [0.1, 0.15) is 29.5 Å². The van der Waals surface area contributed by atoms with Crippen LogP contribution >= 0.6 is 0 Å². The minimum Gasteiger partial charge on any atom is -0.474 e. The maximum Gasteiger partial charge on any atom is 0.225 e. The van der Waals surface area contributed by atoms with Crippen molar-refractivity contribution in [1.82, 2.24) is 4.98 Å². The van der Waals surface area contributed by atoms with Gasteiger partial charge in [-0.25, -0.2) is 4.98 Å². The van der Waals surface area contributed by atoms with E-state index in [1.807, 2.05) is 24.3 Å². The molecule has 0 atom stereocenters. The second-order valence-electron chi connectivity index (χ2n) is 5.92. The zero-order valence-corrected chi connectivity index (χ0v) is 13.9. The third-order valence-electron chi connectivity index (χ3n) is 4.14. The maximum absolute atomic E-state index is 8.87. The number of pyridine rings is 1. The zero-order valence-electron chi connectivity index (χ0n) is 13.9. The number of hydrogen-bond donors (Lipinski definition) is 2. The first kappa shape index (κ1) is 16.9. The highest BCUT2D eigenvalue weighted by atomic mass is 16.5. The second-order valence-corrected chi connectivity index (χ2v) is 5.92. The second kappa shape index (κ2) is 7.77. The van der Waals surface area contributed by atoms with Crippen LogP contribution in [0, 0.1) is 16.7 Å². The number of benzene rings is 1. The molecule has 0 unspecified atom stereocenters. The van der Waals surface area contributed by atoms with Crippen molar-refractivity contribution in [2.45, 2.75) is 25.4 Å². The quantitative estimate of drug-likeness (QED) is 0.817. The summed E-state index contributed by atoms with van der Waals surface area (Å²) >= 11 is 0. The highest BCUT2D eigenvalue weighted by molar-refractivity contribution is 6.15. The third-order valence-corrected chi connectivity index (χ3v) is 4.14. The molecule has 2 heterocycles. The Hall–Kier alpha value is -2.91. The van der Waals surface area contributed by atoms with Crippen LogP contribution in [-0.4, -0.2) is 30.0 Å². The average molecular weight is 336 g/mol. The molecule has 0 bridgehead atoms. The van der Waals surface area contributed by atoms with Crippen molar-refractivity contribution in [3.63, 3.8) is 0 Å². The number of aromatic nitrogens is 1. The number of hydrogen-bond acceptors (Lipinski definition) is 6. The summed E-state index contributed by atoms with van der Waals surface area (Å²) in [5.74, 6) is 0.377. The van der Waals surface area contributed by atoms with E-state index in [9.17, 15) is 0 Å². The molecule has 1 aliphatic heterocycles. The predicted molar refractivity (Wildman–Crippen MR) is 94.8 cm³/mol. The van der Waals surface area contributed by atoms with Gasteiger partial charge in [0.15, 0.2) is 0 Å². The SMILES string of the molecule is N#CCc1cccc(C(=N)c2c(N)ccnc2OC2CCOCC2)c1. The van der Waals surface area contributed by atoms with Crippen LogP contribution in [0.15, 0.2) is 36.5 Å². The highest BCUT2D eigenvalue weighted by Gasteiger charge is 2.21.